The highest BCUT2D eigenvalue weighted by molar-refractivity contribution is 7.99. The van der Waals surface area contributed by atoms with Gasteiger partial charge in [-0.25, -0.2) is 4.79 Å². The Kier molecular flexibility index (Phi) is 4.46. The highest BCUT2D eigenvalue weighted by atomic mass is 32.2. The second kappa shape index (κ2) is 7.06. The van der Waals surface area contributed by atoms with E-state index in [0.717, 1.165) is 31.3 Å². The van der Waals surface area contributed by atoms with Gasteiger partial charge in [0.15, 0.2) is 0 Å². The molecule has 0 aromatic heterocycles. The van der Waals surface area contributed by atoms with Crippen LogP contribution in [0, 0.1) is 0 Å². The molecule has 0 aliphatic carbocycles. The van der Waals surface area contributed by atoms with Crippen LogP contribution < -0.4 is 4.74 Å². The van der Waals surface area contributed by atoms with Gasteiger partial charge < -0.3 is 4.74 Å². The van der Waals surface area contributed by atoms with Crippen molar-refractivity contribution >= 4 is 39.3 Å². The summed E-state index contributed by atoms with van der Waals surface area (Å²) >= 11 is 1.68. The van der Waals surface area contributed by atoms with Gasteiger partial charge in [-0.15, -0.1) is 0 Å². The fourth-order valence-electron chi connectivity index (χ4n) is 2.94. The normalized spacial score (nSPS) is 10.8. The van der Waals surface area contributed by atoms with Crippen molar-refractivity contribution in [3.63, 3.8) is 0 Å². The van der Waals surface area contributed by atoms with Crippen LogP contribution in [0.15, 0.2) is 101 Å². The maximum absolute atomic E-state index is 11.9. The summed E-state index contributed by atoms with van der Waals surface area (Å²) in [5, 5.41) is 3.90. The number of hydrogen-bond acceptors (Lipinski definition) is 3. The van der Waals surface area contributed by atoms with Crippen molar-refractivity contribution in [2.24, 2.45) is 0 Å². The molecule has 0 saturated carbocycles. The lowest BCUT2D eigenvalue weighted by Gasteiger charge is -2.12. The first-order chi connectivity index (χ1) is 12.7. The van der Waals surface area contributed by atoms with E-state index in [4.69, 9.17) is 4.74 Å². The molecule has 2 nitrogen and oxygen atoms in total. The van der Waals surface area contributed by atoms with E-state index in [1.54, 1.807) is 11.8 Å². The zero-order valence-corrected chi connectivity index (χ0v) is 14.8. The molecule has 4 aromatic carbocycles. The Bertz CT molecular complexity index is 1120. The van der Waals surface area contributed by atoms with Crippen LogP contribution in [-0.4, -0.2) is 5.97 Å². The zero-order chi connectivity index (χ0) is 17.9. The molecule has 0 bridgehead atoms. The molecule has 0 unspecified atom stereocenters. The molecule has 26 heavy (non-hydrogen) atoms. The summed E-state index contributed by atoms with van der Waals surface area (Å²) < 4.78 is 5.63. The van der Waals surface area contributed by atoms with Crippen molar-refractivity contribution in [3.05, 3.63) is 91.5 Å². The predicted molar refractivity (Wildman–Crippen MR) is 108 cm³/mol. The molecule has 0 amide bonds. The van der Waals surface area contributed by atoms with Crippen molar-refractivity contribution in [2.45, 2.75) is 9.79 Å². The van der Waals surface area contributed by atoms with Gasteiger partial charge in [0.1, 0.15) is 5.75 Å². The highest BCUT2D eigenvalue weighted by Crippen LogP contribution is 2.38. The van der Waals surface area contributed by atoms with E-state index in [0.29, 0.717) is 5.75 Å². The maximum atomic E-state index is 11.9. The molecule has 0 heterocycles. The van der Waals surface area contributed by atoms with E-state index in [1.165, 1.54) is 6.08 Å². The first kappa shape index (κ1) is 16.4. The topological polar surface area (TPSA) is 26.3 Å². The number of benzene rings is 4. The summed E-state index contributed by atoms with van der Waals surface area (Å²) in [7, 11) is 0. The second-order valence-electron chi connectivity index (χ2n) is 5.85. The maximum Gasteiger partial charge on any atom is 0.335 e. The molecule has 0 fully saturated rings. The van der Waals surface area contributed by atoms with Gasteiger partial charge in [-0.1, -0.05) is 66.9 Å². The van der Waals surface area contributed by atoms with Crippen LogP contribution in [0.3, 0.4) is 0 Å². The van der Waals surface area contributed by atoms with Crippen molar-refractivity contribution in [2.75, 3.05) is 0 Å². The third-order valence-electron chi connectivity index (χ3n) is 4.13. The molecule has 0 saturated heterocycles. The Hall–Kier alpha value is -3.04. The molecule has 0 aliphatic rings. The average Bonchev–Trinajstić information content (AvgIpc) is 2.69. The second-order valence-corrected chi connectivity index (χ2v) is 7.00. The fourth-order valence-corrected chi connectivity index (χ4v) is 3.82. The molecule has 0 atom stereocenters. The van der Waals surface area contributed by atoms with E-state index in [2.05, 4.69) is 43.0 Å². The number of carbonyl (C=O) groups excluding carboxylic acids is 1. The Balaban J connectivity index is 1.89. The van der Waals surface area contributed by atoms with Crippen LogP contribution in [0.5, 0.6) is 5.75 Å². The number of esters is 1. The number of rotatable bonds is 4. The average molecular weight is 356 g/mol. The monoisotopic (exact) mass is 356 g/mol. The molecule has 4 rings (SSSR count). The van der Waals surface area contributed by atoms with Crippen LogP contribution in [-0.2, 0) is 4.79 Å². The first-order valence-electron chi connectivity index (χ1n) is 8.27. The highest BCUT2D eigenvalue weighted by Gasteiger charge is 2.12. The minimum atomic E-state index is -0.455. The Morgan fingerprint density at radius 2 is 1.54 bits per heavy atom. The lowest BCUT2D eigenvalue weighted by molar-refractivity contribution is -0.128. The number of ether oxygens (including phenoxy) is 1. The predicted octanol–water partition coefficient (Wildman–Crippen LogP) is 6.24. The van der Waals surface area contributed by atoms with Gasteiger partial charge in [0.05, 0.1) is 0 Å². The van der Waals surface area contributed by atoms with E-state index in [1.807, 2.05) is 42.5 Å². The zero-order valence-electron chi connectivity index (χ0n) is 14.0. The number of carbonyl (C=O) groups is 1. The van der Waals surface area contributed by atoms with E-state index in [-0.39, 0.29) is 0 Å². The van der Waals surface area contributed by atoms with Gasteiger partial charge in [-0.2, -0.15) is 0 Å². The van der Waals surface area contributed by atoms with Crippen LogP contribution in [0.4, 0.5) is 0 Å². The molecule has 0 radical (unpaired) electrons. The summed E-state index contributed by atoms with van der Waals surface area (Å²) in [5.41, 5.74) is 0. The molecule has 0 N–H and O–H groups in total. The summed E-state index contributed by atoms with van der Waals surface area (Å²) in [6.07, 6.45) is 1.19. The number of fused-ring (bicyclic) bond motifs is 2. The largest absolute Gasteiger partial charge is 0.422 e. The third kappa shape index (κ3) is 3.22. The van der Waals surface area contributed by atoms with Crippen molar-refractivity contribution in [3.8, 4) is 5.75 Å². The van der Waals surface area contributed by atoms with E-state index >= 15 is 0 Å². The lowest BCUT2D eigenvalue weighted by atomic mass is 10.0. The van der Waals surface area contributed by atoms with Crippen molar-refractivity contribution in [1.29, 1.82) is 0 Å². The van der Waals surface area contributed by atoms with Gasteiger partial charge >= 0.3 is 5.97 Å². The molecule has 4 aromatic rings. The molecular formula is C23H16O2S. The van der Waals surface area contributed by atoms with Crippen LogP contribution >= 0.6 is 11.8 Å². The van der Waals surface area contributed by atoms with Crippen LogP contribution in [0.1, 0.15) is 0 Å². The first-order valence-corrected chi connectivity index (χ1v) is 9.09. The van der Waals surface area contributed by atoms with Gasteiger partial charge in [0.2, 0.25) is 0 Å². The standard InChI is InChI=1S/C23H16O2S/c1-2-22(24)25-23-20-11-7-6-8-16(20)14-17-12-13-19(15-21(17)23)26-18-9-4-3-5-10-18/h2-15H,1H2. The molecule has 3 heteroatoms. The fraction of sp³-hybridized carbons (Fsp3) is 0. The summed E-state index contributed by atoms with van der Waals surface area (Å²) in [5.74, 6) is 0.127. The molecule has 126 valence electrons. The van der Waals surface area contributed by atoms with Gasteiger partial charge in [0.25, 0.3) is 0 Å². The SMILES string of the molecule is C=CC(=O)Oc1c2ccccc2cc2ccc(Sc3ccccc3)cc12. The third-order valence-corrected chi connectivity index (χ3v) is 5.13. The molecular weight excluding hydrogens is 340 g/mol. The van der Waals surface area contributed by atoms with E-state index in [9.17, 15) is 4.79 Å². The minimum Gasteiger partial charge on any atom is -0.422 e. The van der Waals surface area contributed by atoms with Crippen molar-refractivity contribution < 1.29 is 9.53 Å². The van der Waals surface area contributed by atoms with Crippen molar-refractivity contribution in [1.82, 2.24) is 0 Å². The smallest absolute Gasteiger partial charge is 0.335 e. The molecule has 0 aliphatic heterocycles. The Morgan fingerprint density at radius 3 is 2.35 bits per heavy atom. The minimum absolute atomic E-state index is 0.455. The summed E-state index contributed by atoms with van der Waals surface area (Å²) in [6, 6.07) is 26.5. The Morgan fingerprint density at radius 1 is 0.808 bits per heavy atom. The van der Waals surface area contributed by atoms with Gasteiger partial charge in [-0.3, -0.25) is 0 Å². The summed E-state index contributed by atoms with van der Waals surface area (Å²) in [4.78, 5) is 14.2. The molecule has 0 spiro atoms. The number of hydrogen-bond donors (Lipinski definition) is 0. The van der Waals surface area contributed by atoms with E-state index < -0.39 is 5.97 Å². The summed E-state index contributed by atoms with van der Waals surface area (Å²) in [6.45, 7) is 3.51. The van der Waals surface area contributed by atoms with Gasteiger partial charge in [0, 0.05) is 26.6 Å². The Labute approximate surface area is 156 Å². The van der Waals surface area contributed by atoms with Crippen LogP contribution in [0.2, 0.25) is 0 Å². The quantitative estimate of drug-likeness (QED) is 0.187. The van der Waals surface area contributed by atoms with Gasteiger partial charge in [-0.05, 0) is 41.1 Å². The van der Waals surface area contributed by atoms with Crippen LogP contribution in [0.25, 0.3) is 21.5 Å². The lowest BCUT2D eigenvalue weighted by Crippen LogP contribution is -2.04.